The van der Waals surface area contributed by atoms with Crippen molar-refractivity contribution in [1.82, 2.24) is 9.38 Å². The largest absolute Gasteiger partial charge is 0.493 e. The number of nitrogen functional groups attached to an aromatic ring is 1. The van der Waals surface area contributed by atoms with Gasteiger partial charge in [0.1, 0.15) is 11.5 Å². The fourth-order valence-electron chi connectivity index (χ4n) is 2.33. The zero-order valence-corrected chi connectivity index (χ0v) is 11.6. The van der Waals surface area contributed by atoms with Crippen molar-refractivity contribution in [2.75, 3.05) is 12.8 Å². The molecule has 1 aromatic carbocycles. The van der Waals surface area contributed by atoms with E-state index in [0.717, 1.165) is 29.1 Å². The van der Waals surface area contributed by atoms with Crippen LogP contribution in [0.5, 0.6) is 5.75 Å². The molecular weight excluding hydrogens is 250 g/mol. The van der Waals surface area contributed by atoms with Crippen molar-refractivity contribution >= 4 is 11.5 Å². The summed E-state index contributed by atoms with van der Waals surface area (Å²) in [6, 6.07) is 12.1. The van der Waals surface area contributed by atoms with E-state index in [-0.39, 0.29) is 0 Å². The van der Waals surface area contributed by atoms with Crippen LogP contribution in [0.3, 0.4) is 0 Å². The minimum atomic E-state index is 0.628. The first-order chi connectivity index (χ1) is 9.74. The van der Waals surface area contributed by atoms with Crippen molar-refractivity contribution in [2.24, 2.45) is 0 Å². The lowest BCUT2D eigenvalue weighted by molar-refractivity contribution is 0.417. The highest BCUT2D eigenvalue weighted by Crippen LogP contribution is 2.30. The third-order valence-electron chi connectivity index (χ3n) is 3.51. The van der Waals surface area contributed by atoms with Crippen LogP contribution in [0.2, 0.25) is 0 Å². The van der Waals surface area contributed by atoms with Crippen molar-refractivity contribution < 1.29 is 4.74 Å². The summed E-state index contributed by atoms with van der Waals surface area (Å²) in [4.78, 5) is 4.62. The number of fused-ring (bicyclic) bond motifs is 1. The highest BCUT2D eigenvalue weighted by Gasteiger charge is 2.13. The molecule has 2 N–H and O–H groups in total. The van der Waals surface area contributed by atoms with Crippen LogP contribution >= 0.6 is 0 Å². The Kier molecular flexibility index (Phi) is 3.06. The minimum absolute atomic E-state index is 0.628. The van der Waals surface area contributed by atoms with Crippen LogP contribution in [0, 0.1) is 0 Å². The Morgan fingerprint density at radius 1 is 1.20 bits per heavy atom. The van der Waals surface area contributed by atoms with E-state index in [9.17, 15) is 0 Å². The van der Waals surface area contributed by atoms with Gasteiger partial charge in [0.15, 0.2) is 11.4 Å². The number of aryl methyl sites for hydroxylation is 1. The molecular formula is C16H17N3O. The third kappa shape index (κ3) is 1.90. The van der Waals surface area contributed by atoms with E-state index in [0.29, 0.717) is 5.82 Å². The molecule has 0 saturated carbocycles. The van der Waals surface area contributed by atoms with E-state index < -0.39 is 0 Å². The molecule has 0 spiro atoms. The van der Waals surface area contributed by atoms with Crippen LogP contribution in [-0.2, 0) is 6.42 Å². The maximum absolute atomic E-state index is 6.21. The zero-order valence-electron chi connectivity index (χ0n) is 11.6. The molecule has 0 aliphatic rings. The van der Waals surface area contributed by atoms with E-state index in [4.69, 9.17) is 10.5 Å². The number of nitrogens with two attached hydrogens (primary N) is 1. The molecule has 0 fully saturated rings. The van der Waals surface area contributed by atoms with Crippen molar-refractivity contribution in [3.63, 3.8) is 0 Å². The van der Waals surface area contributed by atoms with Gasteiger partial charge in [0.05, 0.1) is 7.11 Å². The second-order valence-electron chi connectivity index (χ2n) is 4.67. The standard InChI is InChI=1S/C16H17N3O/c1-3-11-6-8-12(9-7-11)14-15(17)19-10-4-5-13(20-2)16(19)18-14/h4-10H,3,17H2,1-2H3. The van der Waals surface area contributed by atoms with Crippen LogP contribution in [0.25, 0.3) is 16.9 Å². The monoisotopic (exact) mass is 267 g/mol. The van der Waals surface area contributed by atoms with Crippen LogP contribution in [0.15, 0.2) is 42.6 Å². The number of aromatic nitrogens is 2. The average molecular weight is 267 g/mol. The number of ether oxygens (including phenoxy) is 1. The first-order valence-electron chi connectivity index (χ1n) is 6.64. The highest BCUT2D eigenvalue weighted by molar-refractivity contribution is 5.77. The molecule has 0 unspecified atom stereocenters. The molecule has 0 atom stereocenters. The molecule has 4 heteroatoms. The van der Waals surface area contributed by atoms with E-state index in [2.05, 4.69) is 36.2 Å². The number of methoxy groups -OCH3 is 1. The molecule has 0 aliphatic heterocycles. The summed E-state index contributed by atoms with van der Waals surface area (Å²) in [7, 11) is 1.63. The number of anilines is 1. The number of hydrogen-bond donors (Lipinski definition) is 1. The Balaban J connectivity index is 2.18. The molecule has 0 radical (unpaired) electrons. The fourth-order valence-corrected chi connectivity index (χ4v) is 2.33. The van der Waals surface area contributed by atoms with Gasteiger partial charge in [-0.2, -0.15) is 0 Å². The third-order valence-corrected chi connectivity index (χ3v) is 3.51. The summed E-state index contributed by atoms with van der Waals surface area (Å²) in [6.45, 7) is 2.14. The van der Waals surface area contributed by atoms with Crippen molar-refractivity contribution in [3.05, 3.63) is 48.2 Å². The fraction of sp³-hybridized carbons (Fsp3) is 0.188. The van der Waals surface area contributed by atoms with Crippen LogP contribution in [0.1, 0.15) is 12.5 Å². The first-order valence-corrected chi connectivity index (χ1v) is 6.64. The van der Waals surface area contributed by atoms with Gasteiger partial charge in [-0.3, -0.25) is 4.40 Å². The smallest absolute Gasteiger partial charge is 0.181 e. The minimum Gasteiger partial charge on any atom is -0.493 e. The van der Waals surface area contributed by atoms with Gasteiger partial charge in [-0.1, -0.05) is 31.2 Å². The number of pyridine rings is 1. The Labute approximate surface area is 117 Å². The van der Waals surface area contributed by atoms with Crippen molar-refractivity contribution in [3.8, 4) is 17.0 Å². The number of hydrogen-bond acceptors (Lipinski definition) is 3. The molecule has 0 bridgehead atoms. The zero-order chi connectivity index (χ0) is 14.1. The van der Waals surface area contributed by atoms with E-state index in [1.54, 1.807) is 7.11 Å². The molecule has 3 aromatic rings. The summed E-state index contributed by atoms with van der Waals surface area (Å²) >= 11 is 0. The lowest BCUT2D eigenvalue weighted by Crippen LogP contribution is -1.95. The number of imidazole rings is 1. The predicted molar refractivity (Wildman–Crippen MR) is 81.0 cm³/mol. The number of rotatable bonds is 3. The van der Waals surface area contributed by atoms with Crippen LogP contribution < -0.4 is 10.5 Å². The Morgan fingerprint density at radius 2 is 1.95 bits per heavy atom. The van der Waals surface area contributed by atoms with Crippen LogP contribution in [-0.4, -0.2) is 16.5 Å². The summed E-state index contributed by atoms with van der Waals surface area (Å²) in [5, 5.41) is 0. The molecule has 0 saturated heterocycles. The lowest BCUT2D eigenvalue weighted by Gasteiger charge is -2.02. The van der Waals surface area contributed by atoms with E-state index in [1.165, 1.54) is 5.56 Å². The molecule has 2 heterocycles. The predicted octanol–water partition coefficient (Wildman–Crippen LogP) is 3.15. The summed E-state index contributed by atoms with van der Waals surface area (Å²) < 4.78 is 7.18. The topological polar surface area (TPSA) is 52.5 Å². The van der Waals surface area contributed by atoms with E-state index >= 15 is 0 Å². The van der Waals surface area contributed by atoms with Gasteiger partial charge < -0.3 is 10.5 Å². The molecule has 4 nitrogen and oxygen atoms in total. The maximum Gasteiger partial charge on any atom is 0.181 e. The molecule has 0 amide bonds. The second kappa shape index (κ2) is 4.89. The average Bonchev–Trinajstić information content (AvgIpc) is 2.85. The molecule has 102 valence electrons. The van der Waals surface area contributed by atoms with Gasteiger partial charge in [-0.15, -0.1) is 0 Å². The van der Waals surface area contributed by atoms with Crippen molar-refractivity contribution in [1.29, 1.82) is 0 Å². The molecule has 3 rings (SSSR count). The quantitative estimate of drug-likeness (QED) is 0.793. The van der Waals surface area contributed by atoms with Gasteiger partial charge in [0.2, 0.25) is 0 Å². The molecule has 20 heavy (non-hydrogen) atoms. The highest BCUT2D eigenvalue weighted by atomic mass is 16.5. The molecule has 0 aliphatic carbocycles. The number of nitrogens with zero attached hydrogens (tertiary/aromatic N) is 2. The summed E-state index contributed by atoms with van der Waals surface area (Å²) in [5.41, 5.74) is 10.1. The summed E-state index contributed by atoms with van der Waals surface area (Å²) in [5.74, 6) is 1.35. The van der Waals surface area contributed by atoms with Gasteiger partial charge in [-0.25, -0.2) is 4.98 Å². The van der Waals surface area contributed by atoms with Gasteiger partial charge in [0.25, 0.3) is 0 Å². The van der Waals surface area contributed by atoms with Crippen molar-refractivity contribution in [2.45, 2.75) is 13.3 Å². The summed E-state index contributed by atoms with van der Waals surface area (Å²) in [6.07, 6.45) is 2.92. The Bertz CT molecular complexity index is 744. The maximum atomic E-state index is 6.21. The number of benzene rings is 1. The van der Waals surface area contributed by atoms with Gasteiger partial charge in [0, 0.05) is 11.8 Å². The van der Waals surface area contributed by atoms with Crippen LogP contribution in [0.4, 0.5) is 5.82 Å². The normalized spacial score (nSPS) is 10.9. The lowest BCUT2D eigenvalue weighted by atomic mass is 10.1. The van der Waals surface area contributed by atoms with Gasteiger partial charge in [-0.05, 0) is 24.1 Å². The van der Waals surface area contributed by atoms with E-state index in [1.807, 2.05) is 22.7 Å². The van der Waals surface area contributed by atoms with Gasteiger partial charge >= 0.3 is 0 Å². The SMILES string of the molecule is CCc1ccc(-c2nc3c(OC)cccn3c2N)cc1. The Hall–Kier alpha value is -2.49. The second-order valence-corrected chi connectivity index (χ2v) is 4.67. The molecule has 2 aromatic heterocycles. The first kappa shape index (κ1) is 12.5. The Morgan fingerprint density at radius 3 is 2.60 bits per heavy atom.